The van der Waals surface area contributed by atoms with Gasteiger partial charge in [-0.3, -0.25) is 0 Å². The second-order valence-electron chi connectivity index (χ2n) is 7.18. The fourth-order valence-electron chi connectivity index (χ4n) is 2.77. The van der Waals surface area contributed by atoms with Gasteiger partial charge < -0.3 is 15.3 Å². The molecule has 0 fully saturated rings. The number of hydrogen-bond acceptors (Lipinski definition) is 3. The average Bonchev–Trinajstić information content (AvgIpc) is 2.59. The molecule has 0 aliphatic rings. The number of benzene rings is 2. The van der Waals surface area contributed by atoms with E-state index in [9.17, 15) is 15.3 Å². The van der Waals surface area contributed by atoms with Gasteiger partial charge >= 0.3 is 0 Å². The topological polar surface area (TPSA) is 60.7 Å². The number of hydrogen-bond donors (Lipinski definition) is 3. The molecular weight excluding hydrogens is 336 g/mol. The summed E-state index contributed by atoms with van der Waals surface area (Å²) < 4.78 is 0. The van der Waals surface area contributed by atoms with Crippen LogP contribution in [0, 0.1) is 0 Å². The van der Waals surface area contributed by atoms with Gasteiger partial charge in [0.25, 0.3) is 0 Å². The van der Waals surface area contributed by atoms with Crippen molar-refractivity contribution in [2.45, 2.75) is 40.5 Å². The van der Waals surface area contributed by atoms with E-state index in [-0.39, 0.29) is 17.2 Å². The number of phenols is 3. The first kappa shape index (κ1) is 20.4. The van der Waals surface area contributed by atoms with E-state index in [0.717, 1.165) is 22.3 Å². The average molecular weight is 364 g/mol. The summed E-state index contributed by atoms with van der Waals surface area (Å²) in [4.78, 5) is 0. The summed E-state index contributed by atoms with van der Waals surface area (Å²) in [5.74, 6) is 0.406. The summed E-state index contributed by atoms with van der Waals surface area (Å²) in [5.41, 5.74) is 5.68. The highest BCUT2D eigenvalue weighted by Gasteiger charge is 2.15. The Morgan fingerprint density at radius 3 is 1.67 bits per heavy atom. The molecule has 0 aliphatic heterocycles. The maximum Gasteiger partial charge on any atom is 0.123 e. The second-order valence-corrected chi connectivity index (χ2v) is 7.18. The van der Waals surface area contributed by atoms with E-state index >= 15 is 0 Å². The number of aromatic hydroxyl groups is 3. The molecule has 0 radical (unpaired) electrons. The molecule has 0 heterocycles. The lowest BCUT2D eigenvalue weighted by molar-refractivity contribution is 0.443. The molecule has 3 nitrogen and oxygen atoms in total. The predicted octanol–water partition coefficient (Wildman–Crippen LogP) is 5.99. The maximum absolute atomic E-state index is 10.4. The van der Waals surface area contributed by atoms with Crippen molar-refractivity contribution in [3.05, 3.63) is 75.9 Å². The zero-order chi connectivity index (χ0) is 20.0. The van der Waals surface area contributed by atoms with Crippen molar-refractivity contribution < 1.29 is 15.3 Å². The molecule has 27 heavy (non-hydrogen) atoms. The monoisotopic (exact) mass is 364 g/mol. The third-order valence-electron chi connectivity index (χ3n) is 4.31. The van der Waals surface area contributed by atoms with Crippen molar-refractivity contribution in [2.24, 2.45) is 0 Å². The zero-order valence-electron chi connectivity index (χ0n) is 16.5. The largest absolute Gasteiger partial charge is 0.508 e. The van der Waals surface area contributed by atoms with Crippen molar-refractivity contribution in [3.63, 3.8) is 0 Å². The maximum atomic E-state index is 10.4. The highest BCUT2D eigenvalue weighted by Crippen LogP contribution is 2.35. The Morgan fingerprint density at radius 2 is 1.22 bits per heavy atom. The third-order valence-corrected chi connectivity index (χ3v) is 4.31. The molecule has 3 heteroatoms. The number of phenolic OH excluding ortho intramolecular Hbond substituents is 3. The highest BCUT2D eigenvalue weighted by atomic mass is 16.3. The lowest BCUT2D eigenvalue weighted by Crippen LogP contribution is -1.97. The molecule has 0 unspecified atom stereocenters. The van der Waals surface area contributed by atoms with E-state index in [2.05, 4.69) is 12.2 Å². The summed E-state index contributed by atoms with van der Waals surface area (Å²) in [6.07, 6.45) is 9.15. The van der Waals surface area contributed by atoms with Gasteiger partial charge in [0.2, 0.25) is 0 Å². The van der Waals surface area contributed by atoms with E-state index in [1.54, 1.807) is 12.1 Å². The van der Waals surface area contributed by atoms with E-state index in [1.807, 2.05) is 52.0 Å². The Morgan fingerprint density at radius 1 is 0.741 bits per heavy atom. The molecule has 0 amide bonds. The van der Waals surface area contributed by atoms with Crippen LogP contribution in [0.3, 0.4) is 0 Å². The number of allylic oxidation sites excluding steroid dienone is 4. The Balaban J connectivity index is 2.58. The minimum atomic E-state index is 0.0938. The van der Waals surface area contributed by atoms with Crippen LogP contribution in [-0.2, 0) is 12.8 Å². The van der Waals surface area contributed by atoms with Crippen molar-refractivity contribution in [1.29, 1.82) is 0 Å². The minimum absolute atomic E-state index is 0.0938. The zero-order valence-corrected chi connectivity index (χ0v) is 16.5. The van der Waals surface area contributed by atoms with Crippen LogP contribution < -0.4 is 0 Å². The van der Waals surface area contributed by atoms with Crippen molar-refractivity contribution in [1.82, 2.24) is 0 Å². The van der Waals surface area contributed by atoms with Crippen LogP contribution in [0.2, 0.25) is 0 Å². The second kappa shape index (κ2) is 9.13. The minimum Gasteiger partial charge on any atom is -0.508 e. The summed E-state index contributed by atoms with van der Waals surface area (Å²) >= 11 is 0. The molecule has 142 valence electrons. The van der Waals surface area contributed by atoms with Crippen molar-refractivity contribution in [2.75, 3.05) is 0 Å². The molecule has 0 aromatic heterocycles. The fraction of sp³-hybridized carbons (Fsp3) is 0.250. The summed E-state index contributed by atoms with van der Waals surface area (Å²) in [6.45, 7) is 8.09. The van der Waals surface area contributed by atoms with Gasteiger partial charge in [-0.15, -0.1) is 0 Å². The van der Waals surface area contributed by atoms with Crippen LogP contribution >= 0.6 is 0 Å². The summed E-state index contributed by atoms with van der Waals surface area (Å²) in [7, 11) is 0. The van der Waals surface area contributed by atoms with Gasteiger partial charge in [-0.1, -0.05) is 47.6 Å². The Labute approximate surface area is 161 Å². The predicted molar refractivity (Wildman–Crippen MR) is 113 cm³/mol. The Hall–Kier alpha value is -2.94. The molecule has 0 aliphatic carbocycles. The smallest absolute Gasteiger partial charge is 0.123 e. The molecule has 3 N–H and O–H groups in total. The molecule has 2 aromatic rings. The van der Waals surface area contributed by atoms with Crippen LogP contribution in [-0.4, -0.2) is 15.3 Å². The summed E-state index contributed by atoms with van der Waals surface area (Å²) in [6, 6.07) is 8.34. The highest BCUT2D eigenvalue weighted by molar-refractivity contribution is 5.76. The van der Waals surface area contributed by atoms with E-state index in [4.69, 9.17) is 0 Å². The molecule has 0 atom stereocenters. The molecule has 0 bridgehead atoms. The first-order chi connectivity index (χ1) is 12.8. The fourth-order valence-corrected chi connectivity index (χ4v) is 2.77. The summed E-state index contributed by atoms with van der Waals surface area (Å²) in [5, 5.41) is 30.3. The van der Waals surface area contributed by atoms with Gasteiger partial charge in [0, 0.05) is 17.2 Å². The van der Waals surface area contributed by atoms with Gasteiger partial charge in [-0.05, 0) is 63.8 Å². The molecule has 0 saturated carbocycles. The van der Waals surface area contributed by atoms with E-state index < -0.39 is 0 Å². The van der Waals surface area contributed by atoms with Gasteiger partial charge in [0.05, 0.1) is 0 Å². The van der Waals surface area contributed by atoms with E-state index in [1.165, 1.54) is 17.2 Å². The molecule has 2 rings (SSSR count). The molecule has 2 aromatic carbocycles. The normalized spacial score (nSPS) is 10.8. The van der Waals surface area contributed by atoms with Crippen LogP contribution in [0.25, 0.3) is 12.2 Å². The van der Waals surface area contributed by atoms with Crippen molar-refractivity contribution >= 4 is 12.2 Å². The standard InChI is InChI=1S/C24H28O3/c1-16(2)5-12-21-20(14-9-18-7-10-19(25)11-8-18)22(13-6-17(3)4)24(27)15-23(21)26/h5-11,14-15,25-27H,12-13H2,1-4H3/b14-9+. The first-order valence-electron chi connectivity index (χ1n) is 9.08. The van der Waals surface area contributed by atoms with E-state index in [0.29, 0.717) is 12.8 Å². The van der Waals surface area contributed by atoms with Gasteiger partial charge in [-0.25, -0.2) is 0 Å². The Bertz CT molecular complexity index is 833. The van der Waals surface area contributed by atoms with Gasteiger partial charge in [-0.2, -0.15) is 0 Å². The van der Waals surface area contributed by atoms with Crippen LogP contribution in [0.1, 0.15) is 49.9 Å². The van der Waals surface area contributed by atoms with Crippen LogP contribution in [0.15, 0.2) is 53.6 Å². The first-order valence-corrected chi connectivity index (χ1v) is 9.08. The van der Waals surface area contributed by atoms with Crippen LogP contribution in [0.5, 0.6) is 17.2 Å². The molecular formula is C24H28O3. The van der Waals surface area contributed by atoms with Gasteiger partial charge in [0.15, 0.2) is 0 Å². The molecule has 0 saturated heterocycles. The lowest BCUT2D eigenvalue weighted by Gasteiger charge is -2.15. The number of rotatable bonds is 6. The van der Waals surface area contributed by atoms with Crippen LogP contribution in [0.4, 0.5) is 0 Å². The Kier molecular flexibility index (Phi) is 6.89. The quantitative estimate of drug-likeness (QED) is 0.436. The van der Waals surface area contributed by atoms with Crippen molar-refractivity contribution in [3.8, 4) is 17.2 Å². The SMILES string of the molecule is CC(C)=CCc1c(O)cc(O)c(CC=C(C)C)c1/C=C/c1ccc(O)cc1. The third kappa shape index (κ3) is 5.78. The lowest BCUT2D eigenvalue weighted by atomic mass is 9.93. The molecule has 0 spiro atoms. The van der Waals surface area contributed by atoms with Gasteiger partial charge in [0.1, 0.15) is 17.2 Å².